The van der Waals surface area contributed by atoms with Crippen molar-refractivity contribution in [2.24, 2.45) is 0 Å². The standard InChI is InChI=1S/C17H15BrF3IN2/c1-10-6-11-7-13(22)3-4-14(11)16(24(10)9-17(19,20)21)15-5-2-12(18)8-23-15/h2-5,7-8,10,16H,6,9H2,1H3/t10-,16+/m1/s1. The molecule has 0 saturated heterocycles. The molecule has 128 valence electrons. The summed E-state index contributed by atoms with van der Waals surface area (Å²) in [6.07, 6.45) is -2.01. The molecule has 0 N–H and O–H groups in total. The number of fused-ring (bicyclic) bond motifs is 1. The van der Waals surface area contributed by atoms with Gasteiger partial charge in [0, 0.05) is 20.3 Å². The van der Waals surface area contributed by atoms with Gasteiger partial charge >= 0.3 is 6.18 Å². The number of aromatic nitrogens is 1. The van der Waals surface area contributed by atoms with Gasteiger partial charge in [-0.2, -0.15) is 13.2 Å². The molecule has 2 nitrogen and oxygen atoms in total. The van der Waals surface area contributed by atoms with Gasteiger partial charge in [0.05, 0.1) is 18.3 Å². The first-order valence-electron chi connectivity index (χ1n) is 7.47. The highest BCUT2D eigenvalue weighted by Crippen LogP contribution is 2.39. The maximum Gasteiger partial charge on any atom is 0.401 e. The van der Waals surface area contributed by atoms with E-state index in [4.69, 9.17) is 0 Å². The molecule has 2 atom stereocenters. The Morgan fingerprint density at radius 3 is 2.67 bits per heavy atom. The molecule has 1 aliphatic rings. The minimum absolute atomic E-state index is 0.215. The van der Waals surface area contributed by atoms with Crippen LogP contribution in [0.5, 0.6) is 0 Å². The second-order valence-electron chi connectivity index (χ2n) is 5.99. The Kier molecular flexibility index (Phi) is 5.22. The molecule has 24 heavy (non-hydrogen) atoms. The topological polar surface area (TPSA) is 16.1 Å². The average molecular weight is 511 g/mol. The fourth-order valence-corrected chi connectivity index (χ4v) is 4.01. The van der Waals surface area contributed by atoms with Crippen molar-refractivity contribution in [1.82, 2.24) is 9.88 Å². The van der Waals surface area contributed by atoms with E-state index >= 15 is 0 Å². The molecule has 0 radical (unpaired) electrons. The molecule has 0 spiro atoms. The molecule has 0 saturated carbocycles. The number of benzene rings is 1. The van der Waals surface area contributed by atoms with Crippen molar-refractivity contribution < 1.29 is 13.2 Å². The van der Waals surface area contributed by atoms with Crippen LogP contribution in [0.1, 0.15) is 29.8 Å². The van der Waals surface area contributed by atoms with Crippen LogP contribution in [0.15, 0.2) is 41.0 Å². The van der Waals surface area contributed by atoms with Gasteiger partial charge < -0.3 is 0 Å². The molecule has 7 heteroatoms. The lowest BCUT2D eigenvalue weighted by molar-refractivity contribution is -0.155. The quantitative estimate of drug-likeness (QED) is 0.506. The number of nitrogens with zero attached hydrogens (tertiary/aromatic N) is 2. The van der Waals surface area contributed by atoms with Crippen LogP contribution in [0, 0.1) is 3.57 Å². The molecule has 0 bridgehead atoms. The predicted molar refractivity (Wildman–Crippen MR) is 98.9 cm³/mol. The van der Waals surface area contributed by atoms with Crippen LogP contribution in [-0.4, -0.2) is 28.6 Å². The molecular weight excluding hydrogens is 496 g/mol. The fraction of sp³-hybridized carbons (Fsp3) is 0.353. The highest BCUT2D eigenvalue weighted by molar-refractivity contribution is 14.1. The molecule has 0 amide bonds. The van der Waals surface area contributed by atoms with Gasteiger partial charge in [0.25, 0.3) is 0 Å². The van der Waals surface area contributed by atoms with Crippen LogP contribution in [0.2, 0.25) is 0 Å². The zero-order valence-electron chi connectivity index (χ0n) is 12.8. The first kappa shape index (κ1) is 18.1. The Morgan fingerprint density at radius 2 is 2.04 bits per heavy atom. The van der Waals surface area contributed by atoms with Crippen LogP contribution in [0.3, 0.4) is 0 Å². The van der Waals surface area contributed by atoms with Gasteiger partial charge in [-0.1, -0.05) is 6.07 Å². The summed E-state index contributed by atoms with van der Waals surface area (Å²) in [4.78, 5) is 5.89. The van der Waals surface area contributed by atoms with E-state index < -0.39 is 18.8 Å². The highest BCUT2D eigenvalue weighted by atomic mass is 127. The second kappa shape index (κ2) is 6.92. The zero-order valence-corrected chi connectivity index (χ0v) is 16.6. The third-order valence-electron chi connectivity index (χ3n) is 4.21. The van der Waals surface area contributed by atoms with E-state index in [1.807, 2.05) is 25.1 Å². The first-order chi connectivity index (χ1) is 11.2. The second-order valence-corrected chi connectivity index (χ2v) is 8.15. The highest BCUT2D eigenvalue weighted by Gasteiger charge is 2.41. The van der Waals surface area contributed by atoms with Crippen molar-refractivity contribution in [3.63, 3.8) is 0 Å². The van der Waals surface area contributed by atoms with Crippen LogP contribution < -0.4 is 0 Å². The number of hydrogen-bond acceptors (Lipinski definition) is 2. The maximum atomic E-state index is 13.1. The van der Waals surface area contributed by atoms with E-state index in [9.17, 15) is 13.2 Å². The van der Waals surface area contributed by atoms with Crippen molar-refractivity contribution >= 4 is 38.5 Å². The van der Waals surface area contributed by atoms with Gasteiger partial charge in [-0.15, -0.1) is 0 Å². The normalized spacial score (nSPS) is 21.6. The average Bonchev–Trinajstić information content (AvgIpc) is 2.48. The first-order valence-corrected chi connectivity index (χ1v) is 9.34. The van der Waals surface area contributed by atoms with Gasteiger partial charge in [0.2, 0.25) is 0 Å². The van der Waals surface area contributed by atoms with Crippen LogP contribution in [0.25, 0.3) is 0 Å². The molecule has 0 fully saturated rings. The molecule has 0 aliphatic carbocycles. The smallest absolute Gasteiger partial charge is 0.279 e. The third kappa shape index (κ3) is 3.94. The van der Waals surface area contributed by atoms with Gasteiger partial charge in [0.15, 0.2) is 0 Å². The summed E-state index contributed by atoms with van der Waals surface area (Å²) in [5, 5.41) is 0. The minimum Gasteiger partial charge on any atom is -0.279 e. The number of rotatable bonds is 2. The van der Waals surface area contributed by atoms with Gasteiger partial charge in [-0.05, 0) is 87.3 Å². The molecule has 3 rings (SSSR count). The van der Waals surface area contributed by atoms with Gasteiger partial charge in [-0.25, -0.2) is 0 Å². The predicted octanol–water partition coefficient (Wildman–Crippen LogP) is 5.35. The van der Waals surface area contributed by atoms with E-state index in [1.165, 1.54) is 4.90 Å². The van der Waals surface area contributed by atoms with Crippen LogP contribution in [0.4, 0.5) is 13.2 Å². The summed E-state index contributed by atoms with van der Waals surface area (Å²) in [6, 6.07) is 8.83. The van der Waals surface area contributed by atoms with Crippen molar-refractivity contribution in [2.45, 2.75) is 31.6 Å². The lowest BCUT2D eigenvalue weighted by Gasteiger charge is -2.42. The number of hydrogen-bond donors (Lipinski definition) is 0. The summed E-state index contributed by atoms with van der Waals surface area (Å²) < 4.78 is 41.3. The third-order valence-corrected chi connectivity index (χ3v) is 5.35. The largest absolute Gasteiger partial charge is 0.401 e. The monoisotopic (exact) mass is 510 g/mol. The van der Waals surface area contributed by atoms with Crippen molar-refractivity contribution in [3.05, 3.63) is 61.4 Å². The fourth-order valence-electron chi connectivity index (χ4n) is 3.22. The summed E-state index contributed by atoms with van der Waals surface area (Å²) >= 11 is 5.56. The molecule has 0 unspecified atom stereocenters. The van der Waals surface area contributed by atoms with E-state index in [2.05, 4.69) is 49.6 Å². The lowest BCUT2D eigenvalue weighted by Crippen LogP contribution is -2.47. The van der Waals surface area contributed by atoms with E-state index in [-0.39, 0.29) is 6.04 Å². The number of halogens is 5. The molecular formula is C17H15BrF3IN2. The van der Waals surface area contributed by atoms with E-state index in [0.717, 1.165) is 19.2 Å². The van der Waals surface area contributed by atoms with Gasteiger partial charge in [0.1, 0.15) is 0 Å². The van der Waals surface area contributed by atoms with Gasteiger partial charge in [-0.3, -0.25) is 9.88 Å². The molecule has 1 aromatic carbocycles. The molecule has 2 aromatic rings. The van der Waals surface area contributed by atoms with Crippen molar-refractivity contribution in [1.29, 1.82) is 0 Å². The number of alkyl halides is 3. The Bertz CT molecular complexity index is 734. The summed E-state index contributed by atoms with van der Waals surface area (Å²) in [5.41, 5.74) is 2.64. The van der Waals surface area contributed by atoms with Crippen molar-refractivity contribution in [2.75, 3.05) is 6.54 Å². The molecule has 2 heterocycles. The number of pyridine rings is 1. The summed E-state index contributed by atoms with van der Waals surface area (Å²) in [7, 11) is 0. The Balaban J connectivity index is 2.11. The van der Waals surface area contributed by atoms with Crippen molar-refractivity contribution in [3.8, 4) is 0 Å². The Hall–Kier alpha value is -0.670. The maximum absolute atomic E-state index is 13.1. The zero-order chi connectivity index (χ0) is 17.5. The summed E-state index contributed by atoms with van der Waals surface area (Å²) in [6.45, 7) is 0.905. The van der Waals surface area contributed by atoms with Crippen LogP contribution in [-0.2, 0) is 6.42 Å². The van der Waals surface area contributed by atoms with Crippen LogP contribution >= 0.6 is 38.5 Å². The molecule has 1 aliphatic heterocycles. The van der Waals surface area contributed by atoms with E-state index in [0.29, 0.717) is 12.1 Å². The Morgan fingerprint density at radius 1 is 1.29 bits per heavy atom. The SMILES string of the molecule is C[C@@H]1Cc2cc(I)ccc2[C@@H](c2ccc(Br)cn2)N1CC(F)(F)F. The lowest BCUT2D eigenvalue weighted by atomic mass is 9.87. The summed E-state index contributed by atoms with van der Waals surface area (Å²) in [5.74, 6) is 0. The molecule has 1 aromatic heterocycles. The minimum atomic E-state index is -4.25. The van der Waals surface area contributed by atoms with E-state index in [1.54, 1.807) is 12.3 Å². The Labute approximate surface area is 160 Å².